The molecule has 0 bridgehead atoms. The maximum Gasteiger partial charge on any atom is 0.220 e. The van der Waals surface area contributed by atoms with Crippen molar-refractivity contribution >= 4 is 17.1 Å². The number of rotatable bonds is 7. The number of hydrogen-bond donors (Lipinski definition) is 1. The first-order valence-electron chi connectivity index (χ1n) is 10.1. The van der Waals surface area contributed by atoms with E-state index < -0.39 is 11.6 Å². The monoisotopic (exact) mass is 420 g/mol. The minimum atomic E-state index is -0.897. The topological polar surface area (TPSA) is 59.8 Å². The Kier molecular flexibility index (Phi) is 6.02. The van der Waals surface area contributed by atoms with E-state index in [1.165, 1.54) is 12.1 Å². The summed E-state index contributed by atoms with van der Waals surface area (Å²) in [6, 6.07) is 17.1. The van der Waals surface area contributed by atoms with E-state index in [0.717, 1.165) is 11.6 Å². The molecule has 0 aliphatic heterocycles. The number of carbonyl (C=O) groups excluding carboxylic acids is 1. The fourth-order valence-electron chi connectivity index (χ4n) is 3.55. The Bertz CT molecular complexity index is 1210. The molecule has 7 heteroatoms. The van der Waals surface area contributed by atoms with Crippen molar-refractivity contribution in [3.05, 3.63) is 95.4 Å². The Morgan fingerprint density at radius 2 is 1.87 bits per heavy atom. The second kappa shape index (κ2) is 9.04. The summed E-state index contributed by atoms with van der Waals surface area (Å²) in [6.45, 7) is 2.22. The Labute approximate surface area is 178 Å². The van der Waals surface area contributed by atoms with Crippen LogP contribution in [0.25, 0.3) is 11.2 Å². The predicted octanol–water partition coefficient (Wildman–Crippen LogP) is 4.57. The number of pyridine rings is 1. The fourth-order valence-corrected chi connectivity index (χ4v) is 3.55. The van der Waals surface area contributed by atoms with Gasteiger partial charge in [-0.3, -0.25) is 4.79 Å². The van der Waals surface area contributed by atoms with Gasteiger partial charge in [-0.2, -0.15) is 0 Å². The van der Waals surface area contributed by atoms with E-state index in [2.05, 4.69) is 15.3 Å². The Hall–Kier alpha value is -3.61. The summed E-state index contributed by atoms with van der Waals surface area (Å²) in [4.78, 5) is 21.5. The molecule has 1 atom stereocenters. The van der Waals surface area contributed by atoms with Gasteiger partial charge in [0.25, 0.3) is 0 Å². The van der Waals surface area contributed by atoms with E-state index in [-0.39, 0.29) is 24.9 Å². The molecule has 4 rings (SSSR count). The van der Waals surface area contributed by atoms with E-state index in [1.54, 1.807) is 12.3 Å². The summed E-state index contributed by atoms with van der Waals surface area (Å²) < 4.78 is 28.8. The molecule has 5 nitrogen and oxygen atoms in total. The second-order valence-corrected chi connectivity index (χ2v) is 7.41. The summed E-state index contributed by atoms with van der Waals surface area (Å²) in [6.07, 6.45) is 2.30. The fraction of sp³-hybridized carbons (Fsp3) is 0.208. The summed E-state index contributed by atoms with van der Waals surface area (Å²) in [7, 11) is 0. The predicted molar refractivity (Wildman–Crippen MR) is 114 cm³/mol. The third-order valence-corrected chi connectivity index (χ3v) is 5.16. The van der Waals surface area contributed by atoms with Gasteiger partial charge in [0, 0.05) is 19.0 Å². The lowest BCUT2D eigenvalue weighted by Gasteiger charge is -2.14. The van der Waals surface area contributed by atoms with E-state index in [9.17, 15) is 13.6 Å². The van der Waals surface area contributed by atoms with E-state index in [1.807, 2.05) is 47.9 Å². The van der Waals surface area contributed by atoms with Crippen molar-refractivity contribution in [2.45, 2.75) is 32.4 Å². The molecule has 4 aromatic rings. The van der Waals surface area contributed by atoms with Crippen molar-refractivity contribution in [1.29, 1.82) is 0 Å². The molecule has 0 saturated heterocycles. The van der Waals surface area contributed by atoms with Crippen LogP contribution in [-0.2, 0) is 17.8 Å². The number of halogens is 2. The Morgan fingerprint density at radius 1 is 1.06 bits per heavy atom. The Balaban J connectivity index is 1.51. The average molecular weight is 420 g/mol. The van der Waals surface area contributed by atoms with Crippen LogP contribution in [0.4, 0.5) is 8.78 Å². The van der Waals surface area contributed by atoms with Gasteiger partial charge in [-0.05, 0) is 42.3 Å². The average Bonchev–Trinajstić information content (AvgIpc) is 3.13. The van der Waals surface area contributed by atoms with Crippen LogP contribution in [0.1, 0.15) is 36.3 Å². The van der Waals surface area contributed by atoms with Crippen LogP contribution in [0, 0.1) is 11.6 Å². The first-order chi connectivity index (χ1) is 15.0. The SMILES string of the molecule is C[C@H](NC(=O)CCc1nc2cccnc2n1Cc1ccc(F)c(F)c1)c1ccccc1. The van der Waals surface area contributed by atoms with Gasteiger partial charge in [0.15, 0.2) is 17.3 Å². The van der Waals surface area contributed by atoms with E-state index in [4.69, 9.17) is 0 Å². The molecule has 0 unspecified atom stereocenters. The molecule has 1 N–H and O–H groups in total. The third-order valence-electron chi connectivity index (χ3n) is 5.16. The van der Waals surface area contributed by atoms with Crippen molar-refractivity contribution in [1.82, 2.24) is 19.9 Å². The lowest BCUT2D eigenvalue weighted by Crippen LogP contribution is -2.27. The first kappa shape index (κ1) is 20.7. The molecular weight excluding hydrogens is 398 g/mol. The molecule has 0 aliphatic carbocycles. The number of imidazole rings is 1. The minimum absolute atomic E-state index is 0.0873. The third kappa shape index (κ3) is 4.77. The highest BCUT2D eigenvalue weighted by molar-refractivity contribution is 5.77. The molecule has 0 saturated carbocycles. The zero-order chi connectivity index (χ0) is 21.8. The van der Waals surface area contributed by atoms with Crippen LogP contribution in [0.5, 0.6) is 0 Å². The van der Waals surface area contributed by atoms with Gasteiger partial charge < -0.3 is 9.88 Å². The number of nitrogens with zero attached hydrogens (tertiary/aromatic N) is 3. The maximum absolute atomic E-state index is 13.7. The zero-order valence-corrected chi connectivity index (χ0v) is 17.1. The number of nitrogens with one attached hydrogen (secondary N) is 1. The van der Waals surface area contributed by atoms with Crippen LogP contribution in [-0.4, -0.2) is 20.4 Å². The Morgan fingerprint density at radius 3 is 2.65 bits per heavy atom. The van der Waals surface area contributed by atoms with Gasteiger partial charge in [-0.15, -0.1) is 0 Å². The molecular formula is C24H22F2N4O. The highest BCUT2D eigenvalue weighted by atomic mass is 19.2. The van der Waals surface area contributed by atoms with Crippen LogP contribution in [0.3, 0.4) is 0 Å². The maximum atomic E-state index is 13.7. The van der Waals surface area contributed by atoms with Gasteiger partial charge >= 0.3 is 0 Å². The highest BCUT2D eigenvalue weighted by Gasteiger charge is 2.15. The van der Waals surface area contributed by atoms with Crippen molar-refractivity contribution < 1.29 is 13.6 Å². The van der Waals surface area contributed by atoms with Crippen molar-refractivity contribution in [3.63, 3.8) is 0 Å². The summed E-state index contributed by atoms with van der Waals surface area (Å²) in [5.74, 6) is -1.20. The lowest BCUT2D eigenvalue weighted by atomic mass is 10.1. The largest absolute Gasteiger partial charge is 0.350 e. The normalized spacial score (nSPS) is 12.1. The van der Waals surface area contributed by atoms with Gasteiger partial charge in [-0.1, -0.05) is 36.4 Å². The molecule has 0 spiro atoms. The minimum Gasteiger partial charge on any atom is -0.350 e. The summed E-state index contributed by atoms with van der Waals surface area (Å²) in [5.41, 5.74) is 2.95. The molecule has 1 amide bonds. The number of aromatic nitrogens is 3. The number of aryl methyl sites for hydroxylation is 1. The number of fused-ring (bicyclic) bond motifs is 1. The molecule has 31 heavy (non-hydrogen) atoms. The molecule has 2 heterocycles. The number of benzene rings is 2. The number of amides is 1. The van der Waals surface area contributed by atoms with Gasteiger partial charge in [-0.25, -0.2) is 18.7 Å². The quantitative estimate of drug-likeness (QED) is 0.477. The molecule has 158 valence electrons. The lowest BCUT2D eigenvalue weighted by molar-refractivity contribution is -0.121. The van der Waals surface area contributed by atoms with Crippen LogP contribution < -0.4 is 5.32 Å². The van der Waals surface area contributed by atoms with Crippen molar-refractivity contribution in [3.8, 4) is 0 Å². The zero-order valence-electron chi connectivity index (χ0n) is 17.1. The van der Waals surface area contributed by atoms with E-state index in [0.29, 0.717) is 29.0 Å². The van der Waals surface area contributed by atoms with Crippen molar-refractivity contribution in [2.24, 2.45) is 0 Å². The van der Waals surface area contributed by atoms with Gasteiger partial charge in [0.2, 0.25) is 5.91 Å². The second-order valence-electron chi connectivity index (χ2n) is 7.41. The van der Waals surface area contributed by atoms with Crippen LogP contribution >= 0.6 is 0 Å². The van der Waals surface area contributed by atoms with Crippen LogP contribution in [0.2, 0.25) is 0 Å². The summed E-state index contributed by atoms with van der Waals surface area (Å²) >= 11 is 0. The number of carbonyl (C=O) groups is 1. The number of hydrogen-bond acceptors (Lipinski definition) is 3. The van der Waals surface area contributed by atoms with Crippen LogP contribution in [0.15, 0.2) is 66.9 Å². The highest BCUT2D eigenvalue weighted by Crippen LogP contribution is 2.19. The van der Waals surface area contributed by atoms with Crippen molar-refractivity contribution in [2.75, 3.05) is 0 Å². The van der Waals surface area contributed by atoms with Gasteiger partial charge in [0.05, 0.1) is 12.6 Å². The molecule has 2 aromatic carbocycles. The summed E-state index contributed by atoms with van der Waals surface area (Å²) in [5, 5.41) is 3.00. The smallest absolute Gasteiger partial charge is 0.220 e. The molecule has 0 radical (unpaired) electrons. The van der Waals surface area contributed by atoms with Gasteiger partial charge in [0.1, 0.15) is 11.3 Å². The van der Waals surface area contributed by atoms with E-state index >= 15 is 0 Å². The molecule has 2 aromatic heterocycles. The molecule has 0 fully saturated rings. The first-order valence-corrected chi connectivity index (χ1v) is 10.1. The molecule has 0 aliphatic rings. The standard InChI is InChI=1S/C24H22F2N4O/c1-16(18-6-3-2-4-7-18)28-23(31)12-11-22-29-21-8-5-13-27-24(21)30(22)15-17-9-10-19(25)20(26)14-17/h2-10,13-14,16H,11-12,15H2,1H3,(H,28,31)/t16-/m0/s1.